The second-order valence-electron chi connectivity index (χ2n) is 3.06. The van der Waals surface area contributed by atoms with Crippen molar-refractivity contribution >= 4 is 14.3 Å². The summed E-state index contributed by atoms with van der Waals surface area (Å²) in [4.78, 5) is 10.5. The summed E-state index contributed by atoms with van der Waals surface area (Å²) in [6.45, 7) is 6.11. The van der Waals surface area contributed by atoms with Crippen molar-refractivity contribution in [1.82, 2.24) is 0 Å². The first kappa shape index (κ1) is 10.2. The Morgan fingerprint density at radius 2 is 1.91 bits per heavy atom. The third-order valence-corrected chi connectivity index (χ3v) is 1.67. The Morgan fingerprint density at radius 3 is 2.27 bits per heavy atom. The van der Waals surface area contributed by atoms with E-state index in [0.29, 0.717) is 0 Å². The van der Waals surface area contributed by atoms with E-state index in [4.69, 9.17) is 4.43 Å². The van der Waals surface area contributed by atoms with Crippen molar-refractivity contribution in [3.8, 4) is 0 Å². The zero-order chi connectivity index (χ0) is 8.91. The topological polar surface area (TPSA) is 35.5 Å². The van der Waals surface area contributed by atoms with Crippen LogP contribution in [0.5, 0.6) is 0 Å². The first-order valence-electron chi connectivity index (χ1n) is 3.38. The molecule has 4 heteroatoms. The smallest absolute Gasteiger partial charge is 0.333 e. The number of rotatable bonds is 3. The third kappa shape index (κ3) is 7.12. The van der Waals surface area contributed by atoms with E-state index in [9.17, 15) is 4.79 Å². The predicted molar refractivity (Wildman–Crippen MR) is 45.6 cm³/mol. The van der Waals surface area contributed by atoms with E-state index < -0.39 is 8.32 Å². The standard InChI is InChI=1S/C7H14O3Si/c1-9-7(8)5-6-10-11(2,3)4/h5-6H,1-4H3. The van der Waals surface area contributed by atoms with Crippen LogP contribution >= 0.6 is 0 Å². The average molecular weight is 174 g/mol. The molecule has 0 aliphatic carbocycles. The van der Waals surface area contributed by atoms with E-state index in [2.05, 4.69) is 4.74 Å². The van der Waals surface area contributed by atoms with Crippen molar-refractivity contribution in [2.75, 3.05) is 7.11 Å². The van der Waals surface area contributed by atoms with E-state index in [0.717, 1.165) is 0 Å². The summed E-state index contributed by atoms with van der Waals surface area (Å²) in [6.07, 6.45) is 2.68. The molecule has 3 nitrogen and oxygen atoms in total. The molecule has 0 aromatic heterocycles. The Hall–Kier alpha value is -0.773. The van der Waals surface area contributed by atoms with Crippen LogP contribution < -0.4 is 0 Å². The molecule has 0 bridgehead atoms. The molecule has 0 aliphatic heterocycles. The van der Waals surface area contributed by atoms with Gasteiger partial charge in [-0.05, 0) is 19.6 Å². The molecular formula is C7H14O3Si. The first-order valence-corrected chi connectivity index (χ1v) is 6.79. The molecule has 0 rings (SSSR count). The Bertz CT molecular complexity index is 158. The minimum Gasteiger partial charge on any atom is -0.549 e. The third-order valence-electron chi connectivity index (χ3n) is 0.827. The Labute approximate surface area is 68.1 Å². The maximum absolute atomic E-state index is 10.5. The molecule has 0 heterocycles. The summed E-state index contributed by atoms with van der Waals surface area (Å²) in [6, 6.07) is 0. The Morgan fingerprint density at radius 1 is 1.36 bits per heavy atom. The molecule has 0 amide bonds. The minimum absolute atomic E-state index is 0.386. The van der Waals surface area contributed by atoms with Crippen molar-refractivity contribution in [2.45, 2.75) is 19.6 Å². The monoisotopic (exact) mass is 174 g/mol. The SMILES string of the molecule is COC(=O)C=CO[Si](C)(C)C. The van der Waals surface area contributed by atoms with E-state index >= 15 is 0 Å². The Kier molecular flexibility index (Phi) is 3.88. The number of esters is 1. The highest BCUT2D eigenvalue weighted by molar-refractivity contribution is 6.69. The highest BCUT2D eigenvalue weighted by atomic mass is 28.4. The van der Waals surface area contributed by atoms with Crippen LogP contribution in [-0.2, 0) is 14.0 Å². The molecule has 0 spiro atoms. The molecule has 0 N–H and O–H groups in total. The van der Waals surface area contributed by atoms with Crippen molar-refractivity contribution < 1.29 is 14.0 Å². The zero-order valence-corrected chi connectivity index (χ0v) is 8.38. The molecule has 0 atom stereocenters. The number of hydrogen-bond acceptors (Lipinski definition) is 3. The van der Waals surface area contributed by atoms with Crippen LogP contribution in [0.4, 0.5) is 0 Å². The summed E-state index contributed by atoms with van der Waals surface area (Å²) < 4.78 is 9.63. The van der Waals surface area contributed by atoms with Crippen LogP contribution in [0.3, 0.4) is 0 Å². The molecule has 0 aromatic rings. The summed E-state index contributed by atoms with van der Waals surface area (Å²) in [7, 11) is -0.197. The molecule has 0 unspecified atom stereocenters. The van der Waals surface area contributed by atoms with Gasteiger partial charge in [0, 0.05) is 0 Å². The molecule has 0 radical (unpaired) electrons. The molecule has 11 heavy (non-hydrogen) atoms. The van der Waals surface area contributed by atoms with Gasteiger partial charge in [-0.2, -0.15) is 0 Å². The van der Waals surface area contributed by atoms with Crippen LogP contribution in [0.15, 0.2) is 12.3 Å². The van der Waals surface area contributed by atoms with Gasteiger partial charge in [-0.15, -0.1) is 0 Å². The van der Waals surface area contributed by atoms with E-state index in [-0.39, 0.29) is 5.97 Å². The normalized spacial score (nSPS) is 11.6. The number of methoxy groups -OCH3 is 1. The molecule has 0 saturated carbocycles. The largest absolute Gasteiger partial charge is 0.549 e. The van der Waals surface area contributed by atoms with Gasteiger partial charge in [-0.25, -0.2) is 4.79 Å². The maximum atomic E-state index is 10.5. The second-order valence-corrected chi connectivity index (χ2v) is 7.52. The highest BCUT2D eigenvalue weighted by Gasteiger charge is 2.12. The molecule has 0 aromatic carbocycles. The van der Waals surface area contributed by atoms with Crippen LogP contribution in [0.1, 0.15) is 0 Å². The van der Waals surface area contributed by atoms with Gasteiger partial charge >= 0.3 is 5.97 Å². The van der Waals surface area contributed by atoms with Gasteiger partial charge in [-0.3, -0.25) is 0 Å². The van der Waals surface area contributed by atoms with Gasteiger partial charge in [0.05, 0.1) is 19.4 Å². The zero-order valence-electron chi connectivity index (χ0n) is 7.38. The number of carbonyl (C=O) groups is 1. The van der Waals surface area contributed by atoms with Crippen LogP contribution in [0, 0.1) is 0 Å². The quantitative estimate of drug-likeness (QED) is 0.282. The van der Waals surface area contributed by atoms with Crippen molar-refractivity contribution in [3.63, 3.8) is 0 Å². The lowest BCUT2D eigenvalue weighted by Gasteiger charge is -2.14. The molecule has 0 saturated heterocycles. The lowest BCUT2D eigenvalue weighted by Crippen LogP contribution is -2.22. The lowest BCUT2D eigenvalue weighted by atomic mass is 10.6. The van der Waals surface area contributed by atoms with Crippen LogP contribution in [0.25, 0.3) is 0 Å². The number of ether oxygens (including phenoxy) is 1. The second kappa shape index (κ2) is 4.18. The van der Waals surface area contributed by atoms with Crippen molar-refractivity contribution in [2.24, 2.45) is 0 Å². The fourth-order valence-corrected chi connectivity index (χ4v) is 0.838. The number of carbonyl (C=O) groups excluding carboxylic acids is 1. The van der Waals surface area contributed by atoms with Crippen LogP contribution in [-0.4, -0.2) is 21.4 Å². The van der Waals surface area contributed by atoms with Gasteiger partial charge in [0.25, 0.3) is 0 Å². The highest BCUT2D eigenvalue weighted by Crippen LogP contribution is 2.02. The van der Waals surface area contributed by atoms with E-state index in [1.807, 2.05) is 19.6 Å². The summed E-state index contributed by atoms with van der Waals surface area (Å²) in [5.41, 5.74) is 0. The predicted octanol–water partition coefficient (Wildman–Crippen LogP) is 1.52. The minimum atomic E-state index is -1.53. The van der Waals surface area contributed by atoms with E-state index in [1.165, 1.54) is 19.4 Å². The van der Waals surface area contributed by atoms with Gasteiger partial charge in [0.2, 0.25) is 8.32 Å². The first-order chi connectivity index (χ1) is 4.95. The van der Waals surface area contributed by atoms with Gasteiger partial charge < -0.3 is 9.16 Å². The van der Waals surface area contributed by atoms with Crippen molar-refractivity contribution in [3.05, 3.63) is 12.3 Å². The van der Waals surface area contributed by atoms with E-state index in [1.54, 1.807) is 0 Å². The molecule has 0 fully saturated rings. The molecule has 0 aliphatic rings. The fourth-order valence-electron chi connectivity index (χ4n) is 0.362. The Balaban J connectivity index is 3.70. The maximum Gasteiger partial charge on any atom is 0.333 e. The van der Waals surface area contributed by atoms with Gasteiger partial charge in [-0.1, -0.05) is 0 Å². The molecule has 64 valence electrons. The van der Waals surface area contributed by atoms with Crippen molar-refractivity contribution in [1.29, 1.82) is 0 Å². The van der Waals surface area contributed by atoms with Gasteiger partial charge in [0.15, 0.2) is 0 Å². The summed E-state index contributed by atoms with van der Waals surface area (Å²) >= 11 is 0. The average Bonchev–Trinajstić information content (AvgIpc) is 1.85. The van der Waals surface area contributed by atoms with Gasteiger partial charge in [0.1, 0.15) is 0 Å². The number of hydrogen-bond donors (Lipinski definition) is 0. The fraction of sp³-hybridized carbons (Fsp3) is 0.571. The summed E-state index contributed by atoms with van der Waals surface area (Å²) in [5, 5.41) is 0. The molecular weight excluding hydrogens is 160 g/mol. The summed E-state index contributed by atoms with van der Waals surface area (Å²) in [5.74, 6) is -0.386. The van der Waals surface area contributed by atoms with Crippen LogP contribution in [0.2, 0.25) is 19.6 Å². The lowest BCUT2D eigenvalue weighted by molar-refractivity contribution is -0.134.